The van der Waals surface area contributed by atoms with Crippen LogP contribution in [0.25, 0.3) is 0 Å². The second-order valence-corrected chi connectivity index (χ2v) is 4.78. The number of hydrogen-bond acceptors (Lipinski definition) is 3. The molecule has 100 valence electrons. The zero-order valence-corrected chi connectivity index (χ0v) is 11.6. The molecule has 1 atom stereocenters. The summed E-state index contributed by atoms with van der Waals surface area (Å²) in [6, 6.07) is 8.34. The molecule has 5 heteroatoms. The van der Waals surface area contributed by atoms with Crippen molar-refractivity contribution in [2.75, 3.05) is 5.32 Å². The zero-order valence-electron chi connectivity index (χ0n) is 10.7. The summed E-state index contributed by atoms with van der Waals surface area (Å²) in [6.45, 7) is 3.80. The highest BCUT2D eigenvalue weighted by Gasteiger charge is 2.15. The Morgan fingerprint density at radius 1 is 1.37 bits per heavy atom. The van der Waals surface area contributed by atoms with Gasteiger partial charge in [0.2, 0.25) is 0 Å². The Morgan fingerprint density at radius 3 is 2.68 bits per heavy atom. The van der Waals surface area contributed by atoms with Crippen molar-refractivity contribution in [1.82, 2.24) is 0 Å². The zero-order chi connectivity index (χ0) is 14.0. The first-order valence-corrected chi connectivity index (χ1v) is 6.31. The fourth-order valence-electron chi connectivity index (χ4n) is 1.89. The van der Waals surface area contributed by atoms with Gasteiger partial charge in [-0.15, -0.1) is 0 Å². The van der Waals surface area contributed by atoms with Gasteiger partial charge >= 0.3 is 0 Å². The number of nitrogens with two attached hydrogens (primary N) is 1. The Kier molecular flexibility index (Phi) is 3.85. The molecule has 0 bridgehead atoms. The molecule has 1 heterocycles. The topological polar surface area (TPSA) is 51.2 Å². The summed E-state index contributed by atoms with van der Waals surface area (Å²) in [5.74, 6) is 1.17. The van der Waals surface area contributed by atoms with Crippen molar-refractivity contribution in [3.8, 4) is 0 Å². The number of anilines is 1. The molecule has 0 aliphatic carbocycles. The maximum atomic E-state index is 13.7. The lowest BCUT2D eigenvalue weighted by atomic mass is 10.1. The van der Waals surface area contributed by atoms with E-state index in [1.165, 1.54) is 6.07 Å². The smallest absolute Gasteiger partial charge is 0.135 e. The summed E-state index contributed by atoms with van der Waals surface area (Å²) in [5.41, 5.74) is 6.36. The molecule has 0 fully saturated rings. The highest BCUT2D eigenvalue weighted by molar-refractivity contribution is 7.80. The van der Waals surface area contributed by atoms with Gasteiger partial charge in [-0.25, -0.2) is 4.39 Å². The second-order valence-electron chi connectivity index (χ2n) is 4.34. The summed E-state index contributed by atoms with van der Waals surface area (Å²) >= 11 is 4.89. The highest BCUT2D eigenvalue weighted by atomic mass is 32.1. The van der Waals surface area contributed by atoms with Crippen molar-refractivity contribution < 1.29 is 8.81 Å². The van der Waals surface area contributed by atoms with E-state index in [2.05, 4.69) is 5.32 Å². The van der Waals surface area contributed by atoms with E-state index in [9.17, 15) is 4.39 Å². The van der Waals surface area contributed by atoms with Gasteiger partial charge in [0.25, 0.3) is 0 Å². The van der Waals surface area contributed by atoms with Gasteiger partial charge in [-0.2, -0.15) is 0 Å². The fraction of sp³-hybridized carbons (Fsp3) is 0.214. The first-order valence-electron chi connectivity index (χ1n) is 5.90. The number of thiocarbonyl (C=S) groups is 1. The number of aryl methyl sites for hydroxylation is 1. The third-order valence-corrected chi connectivity index (χ3v) is 3.02. The molecule has 0 spiro atoms. The van der Waals surface area contributed by atoms with Crippen molar-refractivity contribution in [3.63, 3.8) is 0 Å². The third kappa shape index (κ3) is 2.93. The van der Waals surface area contributed by atoms with Crippen molar-refractivity contribution >= 4 is 22.9 Å². The van der Waals surface area contributed by atoms with Gasteiger partial charge in [0.05, 0.1) is 11.6 Å². The SMILES string of the molecule is Cc1ccc(C(C)Nc2cccc(F)c2C(N)=S)o1. The Bertz CT molecular complexity index is 609. The molecule has 0 saturated heterocycles. The molecular weight excluding hydrogens is 263 g/mol. The standard InChI is InChI=1S/C14H15FN2OS/c1-8-6-7-12(18-8)9(2)17-11-5-3-4-10(15)13(11)14(16)19/h3-7,9,17H,1-2H3,(H2,16,19). The molecule has 19 heavy (non-hydrogen) atoms. The van der Waals surface area contributed by atoms with Crippen molar-refractivity contribution in [1.29, 1.82) is 0 Å². The van der Waals surface area contributed by atoms with Gasteiger partial charge in [-0.05, 0) is 38.1 Å². The van der Waals surface area contributed by atoms with Crippen LogP contribution in [-0.4, -0.2) is 4.99 Å². The summed E-state index contributed by atoms with van der Waals surface area (Å²) in [4.78, 5) is 0.0309. The number of nitrogens with one attached hydrogen (secondary N) is 1. The number of halogens is 1. The van der Waals surface area contributed by atoms with Gasteiger partial charge in [-0.1, -0.05) is 18.3 Å². The summed E-state index contributed by atoms with van der Waals surface area (Å²) < 4.78 is 19.3. The van der Waals surface area contributed by atoms with Crippen LogP contribution in [0.4, 0.5) is 10.1 Å². The van der Waals surface area contributed by atoms with Crippen LogP contribution in [0.5, 0.6) is 0 Å². The van der Waals surface area contributed by atoms with E-state index in [-0.39, 0.29) is 16.6 Å². The first kappa shape index (κ1) is 13.5. The van der Waals surface area contributed by atoms with Crippen molar-refractivity contribution in [2.24, 2.45) is 5.73 Å². The molecule has 3 nitrogen and oxygen atoms in total. The molecule has 0 saturated carbocycles. The van der Waals surface area contributed by atoms with Crippen LogP contribution in [0.3, 0.4) is 0 Å². The highest BCUT2D eigenvalue weighted by Crippen LogP contribution is 2.25. The molecule has 1 unspecified atom stereocenters. The average Bonchev–Trinajstić information content (AvgIpc) is 2.75. The van der Waals surface area contributed by atoms with E-state index in [1.54, 1.807) is 12.1 Å². The summed E-state index contributed by atoms with van der Waals surface area (Å²) in [5, 5.41) is 3.16. The minimum absolute atomic E-state index is 0.0309. The van der Waals surface area contributed by atoms with Crippen LogP contribution in [0.2, 0.25) is 0 Å². The quantitative estimate of drug-likeness (QED) is 0.840. The van der Waals surface area contributed by atoms with Crippen LogP contribution < -0.4 is 11.1 Å². The number of furan rings is 1. The van der Waals surface area contributed by atoms with E-state index in [1.807, 2.05) is 26.0 Å². The Balaban J connectivity index is 2.28. The summed E-state index contributed by atoms with van der Waals surface area (Å²) in [7, 11) is 0. The van der Waals surface area contributed by atoms with Crippen LogP contribution in [0.1, 0.15) is 30.0 Å². The van der Waals surface area contributed by atoms with Gasteiger partial charge in [0.15, 0.2) is 0 Å². The monoisotopic (exact) mass is 278 g/mol. The largest absolute Gasteiger partial charge is 0.464 e. The van der Waals surface area contributed by atoms with Gasteiger partial charge in [-0.3, -0.25) is 0 Å². The molecule has 1 aromatic carbocycles. The first-order chi connectivity index (χ1) is 8.99. The molecule has 1 aromatic heterocycles. The lowest BCUT2D eigenvalue weighted by Gasteiger charge is -2.16. The lowest BCUT2D eigenvalue weighted by molar-refractivity contribution is 0.467. The maximum Gasteiger partial charge on any atom is 0.135 e. The molecule has 0 aliphatic rings. The number of hydrogen-bond donors (Lipinski definition) is 2. The van der Waals surface area contributed by atoms with Crippen molar-refractivity contribution in [2.45, 2.75) is 19.9 Å². The Labute approximate surface area is 116 Å². The van der Waals surface area contributed by atoms with Crippen LogP contribution in [-0.2, 0) is 0 Å². The maximum absolute atomic E-state index is 13.7. The molecule has 0 aliphatic heterocycles. The van der Waals surface area contributed by atoms with Crippen LogP contribution in [0.15, 0.2) is 34.7 Å². The van der Waals surface area contributed by atoms with E-state index in [4.69, 9.17) is 22.4 Å². The lowest BCUT2D eigenvalue weighted by Crippen LogP contribution is -2.16. The Morgan fingerprint density at radius 2 is 2.11 bits per heavy atom. The number of benzene rings is 1. The van der Waals surface area contributed by atoms with Gasteiger partial charge in [0.1, 0.15) is 22.3 Å². The molecule has 0 radical (unpaired) electrons. The summed E-state index contributed by atoms with van der Waals surface area (Å²) in [6.07, 6.45) is 0. The number of rotatable bonds is 4. The van der Waals surface area contributed by atoms with E-state index < -0.39 is 5.82 Å². The minimum atomic E-state index is -0.430. The normalized spacial score (nSPS) is 12.2. The van der Waals surface area contributed by atoms with Crippen LogP contribution in [0, 0.1) is 12.7 Å². The molecule has 3 N–H and O–H groups in total. The second kappa shape index (κ2) is 5.40. The van der Waals surface area contributed by atoms with E-state index >= 15 is 0 Å². The Hall–Kier alpha value is -1.88. The predicted octanol–water partition coefficient (Wildman–Crippen LogP) is 3.53. The van der Waals surface area contributed by atoms with Gasteiger partial charge < -0.3 is 15.5 Å². The van der Waals surface area contributed by atoms with Gasteiger partial charge in [0, 0.05) is 5.69 Å². The van der Waals surface area contributed by atoms with Crippen molar-refractivity contribution in [3.05, 3.63) is 53.2 Å². The fourth-order valence-corrected chi connectivity index (χ4v) is 2.09. The molecule has 0 amide bonds. The van der Waals surface area contributed by atoms with E-state index in [0.29, 0.717) is 5.69 Å². The predicted molar refractivity (Wildman–Crippen MR) is 77.8 cm³/mol. The average molecular weight is 278 g/mol. The van der Waals surface area contributed by atoms with Crippen LogP contribution >= 0.6 is 12.2 Å². The molecule has 2 aromatic rings. The molecular formula is C14H15FN2OS. The third-order valence-electron chi connectivity index (χ3n) is 2.82. The minimum Gasteiger partial charge on any atom is -0.464 e. The van der Waals surface area contributed by atoms with E-state index in [0.717, 1.165) is 11.5 Å². The molecule has 2 rings (SSSR count).